The number of benzene rings is 2. The van der Waals surface area contributed by atoms with Crippen LogP contribution >= 0.6 is 0 Å². The fourth-order valence-electron chi connectivity index (χ4n) is 2.86. The van der Waals surface area contributed by atoms with E-state index in [2.05, 4.69) is 5.32 Å². The topological polar surface area (TPSA) is 58.6 Å². The highest BCUT2D eigenvalue weighted by Gasteiger charge is 2.21. The molecular weight excluding hydrogens is 316 g/mol. The number of amides is 2. The Labute approximate surface area is 147 Å². The maximum Gasteiger partial charge on any atom is 0.260 e. The summed E-state index contributed by atoms with van der Waals surface area (Å²) in [5.74, 6) is 0.428. The molecule has 2 amide bonds. The number of hydrogen-bond donors (Lipinski definition) is 1. The Kier molecular flexibility index (Phi) is 5.33. The molecule has 0 aliphatic carbocycles. The molecule has 2 aromatic rings. The molecule has 1 aliphatic rings. The van der Waals surface area contributed by atoms with Crippen LogP contribution in [0.3, 0.4) is 0 Å². The van der Waals surface area contributed by atoms with E-state index in [4.69, 9.17) is 4.74 Å². The first-order chi connectivity index (χ1) is 12.1. The highest BCUT2D eigenvalue weighted by molar-refractivity contribution is 5.83. The number of rotatable bonds is 5. The first-order valence-electron chi connectivity index (χ1n) is 8.46. The monoisotopic (exact) mass is 338 g/mol. The molecule has 0 fully saturated rings. The molecule has 130 valence electrons. The molecule has 0 spiro atoms. The Morgan fingerprint density at radius 3 is 2.68 bits per heavy atom. The minimum atomic E-state index is -0.218. The minimum Gasteiger partial charge on any atom is -0.483 e. The van der Waals surface area contributed by atoms with Crippen LogP contribution in [0.5, 0.6) is 5.75 Å². The van der Waals surface area contributed by atoms with Crippen LogP contribution in [0.2, 0.25) is 0 Å². The number of nitrogens with zero attached hydrogens (tertiary/aromatic N) is 1. The maximum atomic E-state index is 12.3. The third kappa shape index (κ3) is 4.18. The third-order valence-corrected chi connectivity index (χ3v) is 4.41. The number of hydrogen-bond acceptors (Lipinski definition) is 3. The van der Waals surface area contributed by atoms with Gasteiger partial charge in [0.15, 0.2) is 6.61 Å². The molecule has 1 heterocycles. The minimum absolute atomic E-state index is 0.0331. The van der Waals surface area contributed by atoms with E-state index in [-0.39, 0.29) is 24.3 Å². The van der Waals surface area contributed by atoms with Crippen molar-refractivity contribution in [3.63, 3.8) is 0 Å². The van der Waals surface area contributed by atoms with Gasteiger partial charge in [-0.3, -0.25) is 9.59 Å². The quantitative estimate of drug-likeness (QED) is 0.910. The average molecular weight is 338 g/mol. The number of fused-ring (bicyclic) bond motifs is 1. The van der Waals surface area contributed by atoms with Crippen molar-refractivity contribution in [2.24, 2.45) is 0 Å². The van der Waals surface area contributed by atoms with Gasteiger partial charge in [0.05, 0.1) is 5.92 Å². The number of nitrogens with one attached hydrogen (secondary N) is 1. The molecule has 0 saturated heterocycles. The first-order valence-corrected chi connectivity index (χ1v) is 8.46. The zero-order valence-corrected chi connectivity index (χ0v) is 14.3. The van der Waals surface area contributed by atoms with Crippen LogP contribution in [-0.4, -0.2) is 36.4 Å². The summed E-state index contributed by atoms with van der Waals surface area (Å²) in [5, 5.41) is 2.92. The molecule has 0 unspecified atom stereocenters. The SMILES string of the molecule is C[C@@H](C(=O)NCCN1Cc2ccccc2OCC1=O)c1ccccc1. The van der Waals surface area contributed by atoms with Crippen LogP contribution < -0.4 is 10.1 Å². The summed E-state index contributed by atoms with van der Waals surface area (Å²) in [4.78, 5) is 26.2. The number of carbonyl (C=O) groups is 2. The highest BCUT2D eigenvalue weighted by Crippen LogP contribution is 2.22. The largest absolute Gasteiger partial charge is 0.483 e. The molecule has 5 heteroatoms. The van der Waals surface area contributed by atoms with Crippen LogP contribution in [0.15, 0.2) is 54.6 Å². The predicted octanol–water partition coefficient (Wildman–Crippen LogP) is 2.33. The van der Waals surface area contributed by atoms with Gasteiger partial charge in [0.25, 0.3) is 5.91 Å². The molecule has 25 heavy (non-hydrogen) atoms. The van der Waals surface area contributed by atoms with Crippen molar-refractivity contribution in [3.05, 3.63) is 65.7 Å². The Balaban J connectivity index is 1.54. The second-order valence-electron chi connectivity index (χ2n) is 6.14. The second-order valence-corrected chi connectivity index (χ2v) is 6.14. The van der Waals surface area contributed by atoms with Crippen LogP contribution in [0.1, 0.15) is 24.0 Å². The van der Waals surface area contributed by atoms with Gasteiger partial charge in [-0.25, -0.2) is 0 Å². The van der Waals surface area contributed by atoms with Crippen molar-refractivity contribution < 1.29 is 14.3 Å². The van der Waals surface area contributed by atoms with Gasteiger partial charge < -0.3 is 15.0 Å². The van der Waals surface area contributed by atoms with Crippen molar-refractivity contribution in [1.82, 2.24) is 10.2 Å². The molecule has 0 saturated carbocycles. The van der Waals surface area contributed by atoms with E-state index in [1.807, 2.05) is 61.5 Å². The van der Waals surface area contributed by atoms with Crippen molar-refractivity contribution in [2.75, 3.05) is 19.7 Å². The summed E-state index contributed by atoms with van der Waals surface area (Å²) >= 11 is 0. The second kappa shape index (κ2) is 7.83. The Hall–Kier alpha value is -2.82. The molecule has 5 nitrogen and oxygen atoms in total. The highest BCUT2D eigenvalue weighted by atomic mass is 16.5. The van der Waals surface area contributed by atoms with Crippen LogP contribution in [0.4, 0.5) is 0 Å². The average Bonchev–Trinajstić information content (AvgIpc) is 2.81. The van der Waals surface area contributed by atoms with E-state index in [1.54, 1.807) is 4.90 Å². The number of carbonyl (C=O) groups excluding carboxylic acids is 2. The van der Waals surface area contributed by atoms with Gasteiger partial charge >= 0.3 is 0 Å². The van der Waals surface area contributed by atoms with E-state index < -0.39 is 0 Å². The zero-order chi connectivity index (χ0) is 17.6. The van der Waals surface area contributed by atoms with E-state index in [0.29, 0.717) is 19.6 Å². The molecule has 0 aromatic heterocycles. The van der Waals surface area contributed by atoms with E-state index in [9.17, 15) is 9.59 Å². The fourth-order valence-corrected chi connectivity index (χ4v) is 2.86. The van der Waals surface area contributed by atoms with Crippen molar-refractivity contribution in [2.45, 2.75) is 19.4 Å². The summed E-state index contributed by atoms with van der Waals surface area (Å²) in [6, 6.07) is 17.3. The molecule has 0 bridgehead atoms. The van der Waals surface area contributed by atoms with Gasteiger partial charge in [-0.1, -0.05) is 48.5 Å². The molecule has 2 aromatic carbocycles. The van der Waals surface area contributed by atoms with Crippen LogP contribution in [0.25, 0.3) is 0 Å². The Morgan fingerprint density at radius 1 is 1.16 bits per heavy atom. The van der Waals surface area contributed by atoms with Crippen molar-refractivity contribution in [3.8, 4) is 5.75 Å². The van der Waals surface area contributed by atoms with E-state index >= 15 is 0 Å². The zero-order valence-electron chi connectivity index (χ0n) is 14.3. The van der Waals surface area contributed by atoms with Gasteiger partial charge in [-0.2, -0.15) is 0 Å². The lowest BCUT2D eigenvalue weighted by Gasteiger charge is -2.21. The summed E-state index contributed by atoms with van der Waals surface area (Å²) in [7, 11) is 0. The van der Waals surface area contributed by atoms with E-state index in [0.717, 1.165) is 16.9 Å². The van der Waals surface area contributed by atoms with Gasteiger partial charge in [-0.15, -0.1) is 0 Å². The van der Waals surface area contributed by atoms with Crippen molar-refractivity contribution in [1.29, 1.82) is 0 Å². The normalized spacial score (nSPS) is 14.9. The summed E-state index contributed by atoms with van der Waals surface area (Å²) in [5.41, 5.74) is 1.96. The van der Waals surface area contributed by atoms with Crippen molar-refractivity contribution >= 4 is 11.8 Å². The molecular formula is C20H22N2O3. The molecule has 0 radical (unpaired) electrons. The van der Waals surface area contributed by atoms with Crippen LogP contribution in [0, 0.1) is 0 Å². The van der Waals surface area contributed by atoms with Gasteiger partial charge in [0.1, 0.15) is 5.75 Å². The van der Waals surface area contributed by atoms with Gasteiger partial charge in [0, 0.05) is 25.2 Å². The lowest BCUT2D eigenvalue weighted by atomic mass is 10.0. The maximum absolute atomic E-state index is 12.3. The fraction of sp³-hybridized carbons (Fsp3) is 0.300. The smallest absolute Gasteiger partial charge is 0.260 e. The van der Waals surface area contributed by atoms with Gasteiger partial charge in [-0.05, 0) is 18.6 Å². The van der Waals surface area contributed by atoms with Gasteiger partial charge in [0.2, 0.25) is 5.91 Å². The number of ether oxygens (including phenoxy) is 1. The molecule has 1 aliphatic heterocycles. The molecule has 1 atom stereocenters. The van der Waals surface area contributed by atoms with E-state index in [1.165, 1.54) is 0 Å². The molecule has 3 rings (SSSR count). The predicted molar refractivity (Wildman–Crippen MR) is 95.2 cm³/mol. The van der Waals surface area contributed by atoms with Crippen LogP contribution in [-0.2, 0) is 16.1 Å². The summed E-state index contributed by atoms with van der Waals surface area (Å²) < 4.78 is 5.54. The standard InChI is InChI=1S/C20H22N2O3/c1-15(16-7-3-2-4-8-16)20(24)21-11-12-22-13-17-9-5-6-10-18(17)25-14-19(22)23/h2-10,15H,11-14H2,1H3,(H,21,24)/t15-/m1/s1. The third-order valence-electron chi connectivity index (χ3n) is 4.41. The lowest BCUT2D eigenvalue weighted by molar-refractivity contribution is -0.133. The molecule has 1 N–H and O–H groups in total. The summed E-state index contributed by atoms with van der Waals surface area (Å²) in [6.07, 6.45) is 0. The summed E-state index contributed by atoms with van der Waals surface area (Å²) in [6.45, 7) is 3.30. The first kappa shape index (κ1) is 17.0. The Morgan fingerprint density at radius 2 is 1.88 bits per heavy atom. The number of para-hydroxylation sites is 1. The lowest BCUT2D eigenvalue weighted by Crippen LogP contribution is -2.40. The Bertz CT molecular complexity index is 746.